The molecule has 118 valence electrons. The number of aromatic nitrogens is 2. The highest BCUT2D eigenvalue weighted by Gasteiger charge is 2.28. The fourth-order valence-corrected chi connectivity index (χ4v) is 3.69. The highest BCUT2D eigenvalue weighted by atomic mass is 35.5. The molecule has 1 saturated heterocycles. The lowest BCUT2D eigenvalue weighted by molar-refractivity contribution is -0.114. The van der Waals surface area contributed by atoms with Crippen LogP contribution < -0.4 is 0 Å². The van der Waals surface area contributed by atoms with Crippen LogP contribution in [0.1, 0.15) is 43.6 Å². The van der Waals surface area contributed by atoms with Crippen LogP contribution in [-0.4, -0.2) is 35.4 Å². The normalized spacial score (nSPS) is 28.7. The Hall–Kier alpha value is -1.10. The number of aromatic amines is 1. The molecule has 0 bridgehead atoms. The molecule has 2 fully saturated rings. The highest BCUT2D eigenvalue weighted by molar-refractivity contribution is 6.29. The van der Waals surface area contributed by atoms with Crippen LogP contribution in [0.3, 0.4) is 0 Å². The van der Waals surface area contributed by atoms with Crippen molar-refractivity contribution in [1.82, 2.24) is 9.97 Å². The van der Waals surface area contributed by atoms with Crippen LogP contribution in [0, 0.1) is 0 Å². The van der Waals surface area contributed by atoms with Crippen molar-refractivity contribution in [2.24, 2.45) is 0 Å². The van der Waals surface area contributed by atoms with E-state index in [0.29, 0.717) is 23.3 Å². The number of nitrogens with one attached hydrogen (secondary N) is 1. The van der Waals surface area contributed by atoms with Gasteiger partial charge in [-0.1, -0.05) is 18.0 Å². The summed E-state index contributed by atoms with van der Waals surface area (Å²) in [6, 6.07) is 3.83. The minimum atomic E-state index is 0.328. The molecule has 1 saturated carbocycles. The number of H-pyrrole nitrogens is 1. The fourth-order valence-electron chi connectivity index (χ4n) is 3.55. The maximum atomic E-state index is 6.07. The number of pyridine rings is 1. The van der Waals surface area contributed by atoms with Crippen LogP contribution in [0.2, 0.25) is 5.15 Å². The molecule has 4 nitrogen and oxygen atoms in total. The molecule has 2 aromatic rings. The van der Waals surface area contributed by atoms with Gasteiger partial charge in [-0.25, -0.2) is 4.98 Å². The first kappa shape index (κ1) is 14.5. The van der Waals surface area contributed by atoms with Crippen molar-refractivity contribution in [2.45, 2.75) is 50.2 Å². The Bertz CT molecular complexity index is 653. The average molecular weight is 321 g/mol. The lowest BCUT2D eigenvalue weighted by Crippen LogP contribution is -2.34. The fraction of sp³-hybridized carbons (Fsp3) is 0.588. The summed E-state index contributed by atoms with van der Waals surface area (Å²) in [6.07, 6.45) is 8.51. The third kappa shape index (κ3) is 2.87. The Labute approximate surface area is 135 Å². The quantitative estimate of drug-likeness (QED) is 0.865. The number of rotatable bonds is 4. The molecule has 0 unspecified atom stereocenters. The molecule has 1 N–H and O–H groups in total. The first-order valence-corrected chi connectivity index (χ1v) is 8.54. The molecule has 22 heavy (non-hydrogen) atoms. The number of ether oxygens (including phenoxy) is 2. The van der Waals surface area contributed by atoms with Crippen LogP contribution in [0.4, 0.5) is 0 Å². The minimum absolute atomic E-state index is 0.328. The van der Waals surface area contributed by atoms with E-state index in [1.165, 1.54) is 18.4 Å². The van der Waals surface area contributed by atoms with Crippen molar-refractivity contribution in [2.75, 3.05) is 13.2 Å². The van der Waals surface area contributed by atoms with Gasteiger partial charge in [0.1, 0.15) is 5.15 Å². The summed E-state index contributed by atoms with van der Waals surface area (Å²) < 4.78 is 11.5. The molecule has 4 rings (SSSR count). The predicted molar refractivity (Wildman–Crippen MR) is 86.4 cm³/mol. The van der Waals surface area contributed by atoms with Crippen molar-refractivity contribution in [3.8, 4) is 0 Å². The first-order chi connectivity index (χ1) is 10.8. The Morgan fingerprint density at radius 2 is 2.23 bits per heavy atom. The van der Waals surface area contributed by atoms with E-state index < -0.39 is 0 Å². The van der Waals surface area contributed by atoms with Gasteiger partial charge in [0, 0.05) is 12.8 Å². The van der Waals surface area contributed by atoms with Crippen LogP contribution in [0.15, 0.2) is 18.3 Å². The van der Waals surface area contributed by atoms with E-state index in [2.05, 4.69) is 16.2 Å². The van der Waals surface area contributed by atoms with E-state index >= 15 is 0 Å². The molecule has 1 aliphatic carbocycles. The Morgan fingerprint density at radius 1 is 1.32 bits per heavy atom. The van der Waals surface area contributed by atoms with Crippen LogP contribution >= 0.6 is 11.6 Å². The summed E-state index contributed by atoms with van der Waals surface area (Å²) in [4.78, 5) is 7.82. The molecule has 0 radical (unpaired) electrons. The zero-order valence-corrected chi connectivity index (χ0v) is 13.3. The van der Waals surface area contributed by atoms with Crippen molar-refractivity contribution < 1.29 is 9.47 Å². The van der Waals surface area contributed by atoms with Gasteiger partial charge in [0.25, 0.3) is 0 Å². The number of halogens is 1. The zero-order valence-electron chi connectivity index (χ0n) is 12.6. The van der Waals surface area contributed by atoms with Gasteiger partial charge < -0.3 is 14.5 Å². The number of fused-ring (bicyclic) bond motifs is 1. The van der Waals surface area contributed by atoms with Gasteiger partial charge in [-0.3, -0.25) is 0 Å². The standard InChI is InChI=1S/C17H21ClN2O2/c18-16-5-4-15-17(20-16)14(9-19-15)11-2-1-3-12(8-11)22-10-13-6-7-21-13/h4-5,9,11-13,19H,1-3,6-8,10H2/t11-,12+,13+/m1/s1. The molecular formula is C17H21ClN2O2. The number of hydrogen-bond acceptors (Lipinski definition) is 3. The highest BCUT2D eigenvalue weighted by Crippen LogP contribution is 2.37. The van der Waals surface area contributed by atoms with Crippen LogP contribution in [0.25, 0.3) is 11.0 Å². The molecule has 0 spiro atoms. The second kappa shape index (κ2) is 6.19. The van der Waals surface area contributed by atoms with Crippen molar-refractivity contribution >= 4 is 22.6 Å². The first-order valence-electron chi connectivity index (χ1n) is 8.16. The van der Waals surface area contributed by atoms with Gasteiger partial charge in [-0.05, 0) is 49.3 Å². The minimum Gasteiger partial charge on any atom is -0.376 e. The second-order valence-electron chi connectivity index (χ2n) is 6.37. The van der Waals surface area contributed by atoms with Crippen LogP contribution in [0.5, 0.6) is 0 Å². The summed E-state index contributed by atoms with van der Waals surface area (Å²) in [5.41, 5.74) is 3.36. The largest absolute Gasteiger partial charge is 0.376 e. The van der Waals surface area contributed by atoms with E-state index in [9.17, 15) is 0 Å². The van der Waals surface area contributed by atoms with E-state index in [1.54, 1.807) is 0 Å². The molecule has 1 aliphatic heterocycles. The van der Waals surface area contributed by atoms with Gasteiger partial charge in [0.2, 0.25) is 0 Å². The summed E-state index contributed by atoms with van der Waals surface area (Å²) in [5, 5.41) is 0.555. The molecule has 2 aromatic heterocycles. The van der Waals surface area contributed by atoms with E-state index in [1.807, 2.05) is 12.1 Å². The summed E-state index contributed by atoms with van der Waals surface area (Å²) in [6.45, 7) is 1.64. The topological polar surface area (TPSA) is 47.1 Å². The molecule has 0 aromatic carbocycles. The van der Waals surface area contributed by atoms with Gasteiger partial charge in [0.15, 0.2) is 0 Å². The second-order valence-corrected chi connectivity index (χ2v) is 6.76. The van der Waals surface area contributed by atoms with E-state index in [4.69, 9.17) is 21.1 Å². The monoisotopic (exact) mass is 320 g/mol. The molecule has 5 heteroatoms. The van der Waals surface area contributed by atoms with Crippen molar-refractivity contribution in [3.05, 3.63) is 29.0 Å². The number of hydrogen-bond donors (Lipinski definition) is 1. The maximum Gasteiger partial charge on any atom is 0.129 e. The third-order valence-electron chi connectivity index (χ3n) is 4.89. The van der Waals surface area contributed by atoms with Crippen molar-refractivity contribution in [3.63, 3.8) is 0 Å². The Morgan fingerprint density at radius 3 is 3.05 bits per heavy atom. The molecule has 2 aliphatic rings. The SMILES string of the molecule is Clc1ccc2[nH]cc([C@@H]3CCC[C@H](OC[C@@H]4CCO4)C3)c2n1. The zero-order chi connectivity index (χ0) is 14.9. The molecular weight excluding hydrogens is 300 g/mol. The Balaban J connectivity index is 1.47. The van der Waals surface area contributed by atoms with Crippen molar-refractivity contribution in [1.29, 1.82) is 0 Å². The predicted octanol–water partition coefficient (Wildman–Crippen LogP) is 4.05. The molecule has 0 amide bonds. The average Bonchev–Trinajstić information content (AvgIpc) is 2.89. The Kier molecular flexibility index (Phi) is 4.07. The summed E-state index contributed by atoms with van der Waals surface area (Å²) in [7, 11) is 0. The summed E-state index contributed by atoms with van der Waals surface area (Å²) in [5.74, 6) is 0.501. The van der Waals surface area contributed by atoms with E-state index in [-0.39, 0.29) is 0 Å². The van der Waals surface area contributed by atoms with Gasteiger partial charge in [-0.15, -0.1) is 0 Å². The van der Waals surface area contributed by atoms with Crippen LogP contribution in [-0.2, 0) is 9.47 Å². The smallest absolute Gasteiger partial charge is 0.129 e. The molecule has 3 heterocycles. The third-order valence-corrected chi connectivity index (χ3v) is 5.11. The lowest BCUT2D eigenvalue weighted by atomic mass is 9.83. The van der Waals surface area contributed by atoms with Gasteiger partial charge in [0.05, 0.1) is 29.8 Å². The summed E-state index contributed by atoms with van der Waals surface area (Å²) >= 11 is 6.06. The number of nitrogens with zero attached hydrogens (tertiary/aromatic N) is 1. The maximum absolute atomic E-state index is 6.07. The van der Waals surface area contributed by atoms with Gasteiger partial charge in [-0.2, -0.15) is 0 Å². The van der Waals surface area contributed by atoms with Gasteiger partial charge >= 0.3 is 0 Å². The lowest BCUT2D eigenvalue weighted by Gasteiger charge is -2.32. The van der Waals surface area contributed by atoms with E-state index in [0.717, 1.165) is 43.5 Å². The molecule has 3 atom stereocenters.